The number of carboxylic acids is 2. The van der Waals surface area contributed by atoms with Crippen molar-refractivity contribution < 1.29 is 87.8 Å². The van der Waals surface area contributed by atoms with Crippen LogP contribution >= 0.6 is 0 Å². The van der Waals surface area contributed by atoms with Gasteiger partial charge < -0.3 is 79.5 Å². The number of nitrogens with zero attached hydrogens (tertiary/aromatic N) is 5. The number of nitrogens with one attached hydrogen (secondary N) is 2. The number of aliphatic hydroxyl groups is 2. The van der Waals surface area contributed by atoms with Gasteiger partial charge in [0.1, 0.15) is 34.6 Å². The van der Waals surface area contributed by atoms with Crippen molar-refractivity contribution in [3.8, 4) is 28.7 Å². The number of methoxy groups -OCH3 is 2. The lowest BCUT2D eigenvalue weighted by atomic mass is 9.62. The number of esters is 1. The number of aromatic hydroxyl groups is 3. The van der Waals surface area contributed by atoms with Crippen LogP contribution in [-0.4, -0.2) is 188 Å². The van der Waals surface area contributed by atoms with E-state index in [1.165, 1.54) is 128 Å². The zero-order valence-electron chi connectivity index (χ0n) is 69.5. The van der Waals surface area contributed by atoms with E-state index in [1.54, 1.807) is 56.5 Å². The van der Waals surface area contributed by atoms with Gasteiger partial charge in [0.15, 0.2) is 17.3 Å². The van der Waals surface area contributed by atoms with E-state index in [0.717, 1.165) is 55.2 Å². The van der Waals surface area contributed by atoms with E-state index in [4.69, 9.17) is 28.8 Å². The van der Waals surface area contributed by atoms with Crippen LogP contribution in [0.4, 0.5) is 15.8 Å². The minimum Gasteiger partial charge on any atom is -0.507 e. The highest BCUT2D eigenvalue weighted by molar-refractivity contribution is 6.24. The summed E-state index contributed by atoms with van der Waals surface area (Å²) in [4.78, 5) is 80.4. The summed E-state index contributed by atoms with van der Waals surface area (Å²) in [6.45, 7) is 35.1. The molecule has 5 aromatic carbocycles. The second kappa shape index (κ2) is 35.0. The lowest BCUT2D eigenvalue weighted by Crippen LogP contribution is -2.49. The van der Waals surface area contributed by atoms with Crippen LogP contribution in [0.1, 0.15) is 211 Å². The highest BCUT2D eigenvalue weighted by Crippen LogP contribution is 2.56. The molecule has 0 radical (unpaired) electrons. The molecule has 10 atom stereocenters. The van der Waals surface area contributed by atoms with Gasteiger partial charge in [0.2, 0.25) is 5.43 Å². The molecule has 9 N–H and O–H groups in total. The number of phenolic OH excluding ortho intramolecular Hbond substituents is 3. The van der Waals surface area contributed by atoms with Gasteiger partial charge in [-0.1, -0.05) is 117 Å². The maximum atomic E-state index is 15.1. The van der Waals surface area contributed by atoms with E-state index < -0.39 is 112 Å². The van der Waals surface area contributed by atoms with Crippen molar-refractivity contribution in [1.29, 1.82) is 0 Å². The predicted molar refractivity (Wildman–Crippen MR) is 444 cm³/mol. The van der Waals surface area contributed by atoms with Gasteiger partial charge >= 0.3 is 23.7 Å². The van der Waals surface area contributed by atoms with E-state index in [-0.39, 0.29) is 78.3 Å². The number of halogens is 1. The van der Waals surface area contributed by atoms with Crippen molar-refractivity contribution in [3.63, 3.8) is 0 Å². The fourth-order valence-corrected chi connectivity index (χ4v) is 17.3. The molecule has 2 saturated carbocycles. The molecule has 5 bridgehead atoms. The quantitative estimate of drug-likeness (QED) is 0.0238. The van der Waals surface area contributed by atoms with Crippen molar-refractivity contribution >= 4 is 74.4 Å². The van der Waals surface area contributed by atoms with Crippen molar-refractivity contribution in [2.24, 2.45) is 28.8 Å². The zero-order chi connectivity index (χ0) is 84.6. The lowest BCUT2D eigenvalue weighted by molar-refractivity contribution is -0.160. The van der Waals surface area contributed by atoms with E-state index in [0.29, 0.717) is 54.7 Å². The Morgan fingerprint density at radius 2 is 1.39 bits per heavy atom. The Morgan fingerprint density at radius 3 is 1.98 bits per heavy atom. The standard InChI is InChI=1S/C47H64N4O12.C24H28O2.C19H22FN3O4/c1-24-13-12-14-25(2)46(59)49-37-32(23-48-51-20-18-50(19-21-51)31-15-10-11-16-31)41(56)34-35(42(37)57)40(55)29(6)44-36(34)45(58)47(8,63-44)61-22-17-33(60-9)26(3)43(62-30(7)52)28(5)39(54)27(4)38(24)53;1-15-13-20-21(24(5,6)12-11-23(20,3)4)14-19(15)16(2)17-7-9-18(10-8-17)22(25)26;1-10-8-22(6-5-21-10)16-14(20)7-12-15(18(16)27-2)23(11-3-4-11)9-13(17(12)24)19(25)26/h12-14,17,22-24,26-28,31,33,38-39,43,53-57H,10-11,15-16,18-21H2,1-9H3,(H,49,59);7-10,13-14H,2,11-12H2,1,3-6H3,(H,25,26);7,9-11,21H,3-6,8H2,1-2H3,(H,25,26)/b13-12+,22-17+,25-14-,48-23+;;/t24-,26+,27+,28+,33-,38-,39+,43+,47-;;/m0../s1. The number of rotatable bonds is 12. The first kappa shape index (κ1) is 86.7. The van der Waals surface area contributed by atoms with Crippen LogP contribution in [0.5, 0.6) is 28.7 Å². The van der Waals surface area contributed by atoms with Gasteiger partial charge in [-0.25, -0.2) is 14.0 Å². The minimum absolute atomic E-state index is 0.0445. The molecule has 25 nitrogen and oxygen atoms in total. The Bertz CT molecular complexity index is 4990. The third-order valence-corrected chi connectivity index (χ3v) is 24.8. The Labute approximate surface area is 677 Å². The fourth-order valence-electron chi connectivity index (χ4n) is 17.3. The molecule has 0 spiro atoms. The Balaban J connectivity index is 0.000000203. The molecule has 2 saturated heterocycles. The molecule has 1 unspecified atom stereocenters. The SMILES string of the molecule is C=C(c1ccc(C(=O)O)cc1)c1cc2c(cc1C)C(C)(C)CCC2(C)C.CO[C@H]1/C=C/O[C@@]2(C)Oc3c(C)c(O)c4c(O)c(c(/C=N/N5CCN(C6CCCC6)CC5)c(O)c4c3C2=O)NC(=O)/C(C)=C\C=C\[C@H](C)[C@H](O)[C@@H](C)[C@@H](O)[C@@H](C)[C@H](OC(C)=O)[C@@H]1C.COc1c(N2CCNC(C)C2)c(F)cc2c(=O)c(C(=O)O)cn(C3CC3)c12. The number of hydrogen-bond acceptors (Lipinski definition) is 21. The number of benzene rings is 5. The number of aryl methyl sites for hydroxylation is 1. The maximum Gasteiger partial charge on any atom is 0.341 e. The number of pyridine rings is 1. The predicted octanol–water partition coefficient (Wildman–Crippen LogP) is 13.7. The van der Waals surface area contributed by atoms with Crippen molar-refractivity contribution in [2.75, 3.05) is 70.2 Å². The number of carbonyl (C=O) groups excluding carboxylic acids is 3. The smallest absolute Gasteiger partial charge is 0.341 e. The highest BCUT2D eigenvalue weighted by atomic mass is 19.1. The summed E-state index contributed by atoms with van der Waals surface area (Å²) in [5, 5.41) is 89.4. The van der Waals surface area contributed by atoms with Gasteiger partial charge in [-0.3, -0.25) is 29.1 Å². The fraction of sp³-hybridized carbons (Fsp3) is 0.500. The first-order chi connectivity index (χ1) is 54.7. The van der Waals surface area contributed by atoms with Gasteiger partial charge in [-0.15, -0.1) is 0 Å². The van der Waals surface area contributed by atoms with Gasteiger partial charge in [-0.2, -0.15) is 5.10 Å². The number of ketones is 1. The molecule has 3 aliphatic carbocycles. The first-order valence-corrected chi connectivity index (χ1v) is 40.2. The number of hydrogen-bond donors (Lipinski definition) is 9. The van der Waals surface area contributed by atoms with E-state index in [9.17, 15) is 59.4 Å². The summed E-state index contributed by atoms with van der Waals surface area (Å²) in [5.41, 5.74) is 7.26. The number of Topliss-reactive ketones (excluding diaryl/α,β-unsaturated/α-hetero) is 1. The summed E-state index contributed by atoms with van der Waals surface area (Å²) in [6, 6.07) is 13.6. The average Bonchev–Trinajstić information content (AvgIpc) is 1.52. The van der Waals surface area contributed by atoms with Gasteiger partial charge in [0.25, 0.3) is 11.7 Å². The molecule has 6 heterocycles. The number of carbonyl (C=O) groups is 5. The minimum atomic E-state index is -2.04. The summed E-state index contributed by atoms with van der Waals surface area (Å²) >= 11 is 0. The molecule has 5 aliphatic heterocycles. The third-order valence-electron chi connectivity index (χ3n) is 24.8. The van der Waals surface area contributed by atoms with Crippen LogP contribution in [0.15, 0.2) is 101 Å². The second-order valence-corrected chi connectivity index (χ2v) is 33.9. The van der Waals surface area contributed by atoms with E-state index >= 15 is 4.39 Å². The topological polar surface area (TPSA) is 341 Å². The number of hydrazone groups is 1. The molecule has 116 heavy (non-hydrogen) atoms. The van der Waals surface area contributed by atoms with Gasteiger partial charge in [-0.05, 0) is 135 Å². The maximum absolute atomic E-state index is 15.1. The lowest BCUT2D eigenvalue weighted by Gasteiger charge is -2.42. The number of aromatic nitrogens is 1. The summed E-state index contributed by atoms with van der Waals surface area (Å²) in [6.07, 6.45) is 15.3. The van der Waals surface area contributed by atoms with Crippen LogP contribution < -0.4 is 30.4 Å². The summed E-state index contributed by atoms with van der Waals surface area (Å²) < 4.78 is 46.2. The average molecular weight is 1600 g/mol. The monoisotopic (exact) mass is 1600 g/mol. The summed E-state index contributed by atoms with van der Waals surface area (Å²) in [7, 11) is 2.90. The number of allylic oxidation sites excluding steroid dienone is 2. The number of aromatic carboxylic acids is 2. The third kappa shape index (κ3) is 17.6. The molecule has 8 aliphatic rings. The van der Waals surface area contributed by atoms with E-state index in [1.807, 2.05) is 29.0 Å². The molecule has 4 fully saturated rings. The molecule has 1 amide bonds. The van der Waals surface area contributed by atoms with Crippen LogP contribution in [0.25, 0.3) is 27.2 Å². The van der Waals surface area contributed by atoms with Crippen molar-refractivity contribution in [1.82, 2.24) is 19.8 Å². The van der Waals surface area contributed by atoms with Crippen molar-refractivity contribution in [2.45, 2.75) is 207 Å². The number of carboxylic acid groups (broad SMARTS) is 2. The number of piperazine rings is 2. The number of amides is 1. The van der Waals surface area contributed by atoms with Crippen molar-refractivity contribution in [3.05, 3.63) is 163 Å². The Kier molecular flexibility index (Phi) is 26.2. The number of aliphatic hydroxyl groups excluding tert-OH is 2. The van der Waals surface area contributed by atoms with Crippen LogP contribution in [0.2, 0.25) is 0 Å². The molecule has 1 aromatic heterocycles. The number of anilines is 2. The van der Waals surface area contributed by atoms with Crippen LogP contribution in [0, 0.1) is 43.3 Å². The molecule has 6 aromatic rings. The number of ether oxygens (including phenoxy) is 5. The largest absolute Gasteiger partial charge is 0.507 e. The Morgan fingerprint density at radius 1 is 0.750 bits per heavy atom. The molecular formula is C90H114FN7O18. The van der Waals surface area contributed by atoms with E-state index in [2.05, 4.69) is 74.0 Å². The van der Waals surface area contributed by atoms with Gasteiger partial charge in [0, 0.05) is 131 Å². The van der Waals surface area contributed by atoms with Gasteiger partial charge in [0.05, 0.1) is 76.6 Å². The number of fused-ring (bicyclic) bond motifs is 16. The number of phenols is 3. The first-order valence-electron chi connectivity index (χ1n) is 40.2. The normalized spacial score (nSPS) is 26.2. The van der Waals surface area contributed by atoms with Crippen LogP contribution in [-0.2, 0) is 34.6 Å². The molecule has 624 valence electrons. The molecule has 14 rings (SSSR count). The highest BCUT2D eigenvalue weighted by Gasteiger charge is 2.50. The molecule has 26 heteroatoms. The zero-order valence-corrected chi connectivity index (χ0v) is 69.5. The Hall–Kier alpha value is -10.1. The summed E-state index contributed by atoms with van der Waals surface area (Å²) in [5.74, 6) is -10.8. The second-order valence-electron chi connectivity index (χ2n) is 33.9. The van der Waals surface area contributed by atoms with Crippen LogP contribution in [0.3, 0.4) is 0 Å². The molecular weight excluding hydrogens is 1490 g/mol.